The molecule has 0 bridgehead atoms. The molecule has 4 rings (SSSR count). The zero-order valence-electron chi connectivity index (χ0n) is 15.6. The van der Waals surface area contributed by atoms with Gasteiger partial charge in [0, 0.05) is 17.4 Å². The molecule has 1 N–H and O–H groups in total. The molecule has 0 atom stereocenters. The number of amides is 1. The van der Waals surface area contributed by atoms with Crippen LogP contribution in [0.2, 0.25) is 0 Å². The number of carbonyl (C=O) groups is 1. The first-order valence-corrected chi connectivity index (χ1v) is 8.88. The number of aryl methyl sites for hydroxylation is 2. The van der Waals surface area contributed by atoms with Crippen molar-refractivity contribution in [1.29, 1.82) is 0 Å². The molecule has 2 heterocycles. The number of aromatic nitrogens is 4. The summed E-state index contributed by atoms with van der Waals surface area (Å²) in [6.07, 6.45) is 1.75. The van der Waals surface area contributed by atoms with E-state index in [9.17, 15) is 4.79 Å². The van der Waals surface area contributed by atoms with Crippen LogP contribution in [0.5, 0.6) is 0 Å². The van der Waals surface area contributed by atoms with Gasteiger partial charge in [0.1, 0.15) is 18.1 Å². The highest BCUT2D eigenvalue weighted by atomic mass is 16.5. The van der Waals surface area contributed by atoms with Gasteiger partial charge in [-0.1, -0.05) is 35.5 Å². The van der Waals surface area contributed by atoms with E-state index in [2.05, 4.69) is 20.4 Å². The molecule has 4 aromatic rings. The van der Waals surface area contributed by atoms with Crippen LogP contribution in [0.4, 0.5) is 5.69 Å². The van der Waals surface area contributed by atoms with E-state index in [1.807, 2.05) is 68.4 Å². The maximum absolute atomic E-state index is 12.4. The van der Waals surface area contributed by atoms with Crippen molar-refractivity contribution in [3.8, 4) is 23.0 Å². The monoisotopic (exact) mass is 373 g/mol. The Morgan fingerprint density at radius 2 is 1.89 bits per heavy atom. The SMILES string of the molecule is Cc1cccc(NC(=O)Cn2cc(-c3noc(-c4ccccc4)n3)nc2C)c1. The first kappa shape index (κ1) is 17.7. The van der Waals surface area contributed by atoms with Crippen molar-refractivity contribution >= 4 is 11.6 Å². The van der Waals surface area contributed by atoms with Crippen molar-refractivity contribution < 1.29 is 9.32 Å². The van der Waals surface area contributed by atoms with Crippen LogP contribution >= 0.6 is 0 Å². The average molecular weight is 373 g/mol. The molecule has 28 heavy (non-hydrogen) atoms. The number of carbonyl (C=O) groups excluding carboxylic acids is 1. The molecule has 0 spiro atoms. The van der Waals surface area contributed by atoms with E-state index in [1.165, 1.54) is 0 Å². The Balaban J connectivity index is 1.49. The van der Waals surface area contributed by atoms with Crippen molar-refractivity contribution in [2.24, 2.45) is 0 Å². The third-order valence-corrected chi connectivity index (χ3v) is 4.27. The van der Waals surface area contributed by atoms with Gasteiger partial charge in [-0.25, -0.2) is 4.98 Å². The molecule has 2 aromatic heterocycles. The molecule has 7 nitrogen and oxygen atoms in total. The Morgan fingerprint density at radius 1 is 1.07 bits per heavy atom. The minimum absolute atomic E-state index is 0.129. The molecule has 0 fully saturated rings. The lowest BCUT2D eigenvalue weighted by Gasteiger charge is -2.07. The summed E-state index contributed by atoms with van der Waals surface area (Å²) in [4.78, 5) is 21.2. The van der Waals surface area contributed by atoms with E-state index in [1.54, 1.807) is 10.8 Å². The summed E-state index contributed by atoms with van der Waals surface area (Å²) in [6, 6.07) is 17.2. The fourth-order valence-electron chi connectivity index (χ4n) is 2.88. The number of anilines is 1. The Labute approximate surface area is 162 Å². The summed E-state index contributed by atoms with van der Waals surface area (Å²) < 4.78 is 7.10. The fourth-order valence-corrected chi connectivity index (χ4v) is 2.88. The third-order valence-electron chi connectivity index (χ3n) is 4.27. The first-order valence-electron chi connectivity index (χ1n) is 8.88. The number of rotatable bonds is 5. The first-order chi connectivity index (χ1) is 13.6. The van der Waals surface area contributed by atoms with Crippen LogP contribution in [-0.4, -0.2) is 25.6 Å². The highest BCUT2D eigenvalue weighted by Gasteiger charge is 2.15. The predicted molar refractivity (Wildman–Crippen MR) is 106 cm³/mol. The lowest BCUT2D eigenvalue weighted by Crippen LogP contribution is -2.19. The average Bonchev–Trinajstić information content (AvgIpc) is 3.30. The van der Waals surface area contributed by atoms with Crippen molar-refractivity contribution in [2.45, 2.75) is 20.4 Å². The molecule has 0 unspecified atom stereocenters. The maximum atomic E-state index is 12.4. The van der Waals surface area contributed by atoms with Crippen LogP contribution < -0.4 is 5.32 Å². The largest absolute Gasteiger partial charge is 0.334 e. The zero-order chi connectivity index (χ0) is 19.5. The third kappa shape index (κ3) is 3.83. The second-order valence-corrected chi connectivity index (χ2v) is 6.51. The molecule has 140 valence electrons. The van der Waals surface area contributed by atoms with Gasteiger partial charge < -0.3 is 14.4 Å². The van der Waals surface area contributed by atoms with Crippen molar-refractivity contribution in [2.75, 3.05) is 5.32 Å². The van der Waals surface area contributed by atoms with Gasteiger partial charge in [0.15, 0.2) is 0 Å². The number of hydrogen-bond acceptors (Lipinski definition) is 5. The quantitative estimate of drug-likeness (QED) is 0.574. The standard InChI is InChI=1S/C21H19N5O2/c1-14-7-6-10-17(11-14)23-19(27)13-26-12-18(22-15(26)2)20-24-21(28-25-20)16-8-4-3-5-9-16/h3-12H,13H2,1-2H3,(H,23,27). The zero-order valence-corrected chi connectivity index (χ0v) is 15.6. The molecule has 0 aliphatic carbocycles. The predicted octanol–water partition coefficient (Wildman–Crippen LogP) is 3.86. The van der Waals surface area contributed by atoms with Crippen LogP contribution in [0.15, 0.2) is 65.3 Å². The van der Waals surface area contributed by atoms with Crippen LogP contribution in [0, 0.1) is 13.8 Å². The highest BCUT2D eigenvalue weighted by molar-refractivity contribution is 5.90. The van der Waals surface area contributed by atoms with E-state index in [-0.39, 0.29) is 12.5 Å². The number of imidazole rings is 1. The van der Waals surface area contributed by atoms with E-state index in [0.29, 0.717) is 23.2 Å². The Morgan fingerprint density at radius 3 is 2.68 bits per heavy atom. The number of nitrogens with one attached hydrogen (secondary N) is 1. The minimum atomic E-state index is -0.129. The Bertz CT molecular complexity index is 1110. The van der Waals surface area contributed by atoms with Crippen molar-refractivity contribution in [3.05, 3.63) is 72.2 Å². The van der Waals surface area contributed by atoms with Gasteiger partial charge >= 0.3 is 0 Å². The second kappa shape index (κ2) is 7.48. The van der Waals surface area contributed by atoms with E-state index >= 15 is 0 Å². The summed E-state index contributed by atoms with van der Waals surface area (Å²) >= 11 is 0. The minimum Gasteiger partial charge on any atom is -0.334 e. The molecular formula is C21H19N5O2. The highest BCUT2D eigenvalue weighted by Crippen LogP contribution is 2.21. The Hall–Kier alpha value is -3.74. The lowest BCUT2D eigenvalue weighted by molar-refractivity contribution is -0.116. The number of hydrogen-bond donors (Lipinski definition) is 1. The van der Waals surface area contributed by atoms with Crippen LogP contribution in [0.25, 0.3) is 23.0 Å². The van der Waals surface area contributed by atoms with Crippen LogP contribution in [0.1, 0.15) is 11.4 Å². The molecule has 2 aromatic carbocycles. The maximum Gasteiger partial charge on any atom is 0.258 e. The molecule has 0 radical (unpaired) electrons. The summed E-state index contributed by atoms with van der Waals surface area (Å²) in [5.41, 5.74) is 3.26. The van der Waals surface area contributed by atoms with Gasteiger partial charge in [0.2, 0.25) is 11.7 Å². The molecule has 1 amide bonds. The fraction of sp³-hybridized carbons (Fsp3) is 0.143. The summed E-state index contributed by atoms with van der Waals surface area (Å²) in [6.45, 7) is 3.97. The van der Waals surface area contributed by atoms with Gasteiger partial charge in [-0.3, -0.25) is 4.79 Å². The molecule has 7 heteroatoms. The number of benzene rings is 2. The van der Waals surface area contributed by atoms with Gasteiger partial charge in [-0.2, -0.15) is 4.98 Å². The summed E-state index contributed by atoms with van der Waals surface area (Å²) in [5, 5.41) is 6.91. The van der Waals surface area contributed by atoms with Gasteiger partial charge in [-0.05, 0) is 43.7 Å². The molecule has 0 saturated carbocycles. The van der Waals surface area contributed by atoms with Crippen molar-refractivity contribution in [1.82, 2.24) is 19.7 Å². The molecule has 0 aliphatic heterocycles. The smallest absolute Gasteiger partial charge is 0.258 e. The van der Waals surface area contributed by atoms with E-state index in [0.717, 1.165) is 16.8 Å². The molecule has 0 saturated heterocycles. The van der Waals surface area contributed by atoms with Crippen LogP contribution in [0.3, 0.4) is 0 Å². The summed E-state index contributed by atoms with van der Waals surface area (Å²) in [7, 11) is 0. The summed E-state index contributed by atoms with van der Waals surface area (Å²) in [5.74, 6) is 1.39. The molecular weight excluding hydrogens is 354 g/mol. The topological polar surface area (TPSA) is 85.8 Å². The van der Waals surface area contributed by atoms with Gasteiger partial charge in [0.25, 0.3) is 5.89 Å². The van der Waals surface area contributed by atoms with Gasteiger partial charge in [-0.15, -0.1) is 0 Å². The van der Waals surface area contributed by atoms with E-state index < -0.39 is 0 Å². The van der Waals surface area contributed by atoms with Gasteiger partial charge in [0.05, 0.1) is 0 Å². The van der Waals surface area contributed by atoms with Crippen LogP contribution in [-0.2, 0) is 11.3 Å². The second-order valence-electron chi connectivity index (χ2n) is 6.51. The van der Waals surface area contributed by atoms with E-state index in [4.69, 9.17) is 4.52 Å². The van der Waals surface area contributed by atoms with Crippen molar-refractivity contribution in [3.63, 3.8) is 0 Å². The molecule has 0 aliphatic rings. The normalized spacial score (nSPS) is 10.8. The Kier molecular flexibility index (Phi) is 4.72. The number of nitrogens with zero attached hydrogens (tertiary/aromatic N) is 4. The lowest BCUT2D eigenvalue weighted by atomic mass is 10.2.